The van der Waals surface area contributed by atoms with E-state index in [9.17, 15) is 13.8 Å². The third-order valence-electron chi connectivity index (χ3n) is 3.90. The van der Waals surface area contributed by atoms with Crippen molar-refractivity contribution in [3.05, 3.63) is 35.9 Å². The molecule has 5 heteroatoms. The van der Waals surface area contributed by atoms with Gasteiger partial charge in [0, 0.05) is 23.0 Å². The van der Waals surface area contributed by atoms with Crippen molar-refractivity contribution in [2.75, 3.05) is 12.3 Å². The minimum atomic E-state index is -1.03. The summed E-state index contributed by atoms with van der Waals surface area (Å²) in [6.45, 7) is 2.15. The number of ketones is 1. The van der Waals surface area contributed by atoms with Gasteiger partial charge < -0.3 is 4.90 Å². The lowest BCUT2D eigenvalue weighted by Crippen LogP contribution is -2.56. The molecule has 0 aliphatic carbocycles. The molecule has 1 aliphatic rings. The molecule has 1 aliphatic heterocycles. The zero-order valence-corrected chi connectivity index (χ0v) is 13.8. The summed E-state index contributed by atoms with van der Waals surface area (Å²) in [5.41, 5.74) is 1.12. The first-order valence-corrected chi connectivity index (χ1v) is 9.22. The van der Waals surface area contributed by atoms with Crippen molar-refractivity contribution in [2.24, 2.45) is 0 Å². The first kappa shape index (κ1) is 16.9. The number of benzene rings is 1. The summed E-state index contributed by atoms with van der Waals surface area (Å²) in [5.74, 6) is 0.598. The van der Waals surface area contributed by atoms with Gasteiger partial charge in [0.2, 0.25) is 5.91 Å². The molecule has 1 heterocycles. The molecule has 0 radical (unpaired) electrons. The van der Waals surface area contributed by atoms with Crippen LogP contribution in [-0.2, 0) is 26.8 Å². The average Bonchev–Trinajstić information content (AvgIpc) is 2.54. The molecule has 1 fully saturated rings. The Morgan fingerprint density at radius 1 is 1.32 bits per heavy atom. The van der Waals surface area contributed by atoms with Crippen LogP contribution in [0.5, 0.6) is 0 Å². The van der Waals surface area contributed by atoms with E-state index in [1.807, 2.05) is 37.3 Å². The molecule has 0 saturated carbocycles. The summed E-state index contributed by atoms with van der Waals surface area (Å²) in [6, 6.07) is 9.83. The van der Waals surface area contributed by atoms with Crippen LogP contribution in [0.1, 0.15) is 38.2 Å². The van der Waals surface area contributed by atoms with Crippen LogP contribution in [0, 0.1) is 0 Å². The van der Waals surface area contributed by atoms with E-state index in [1.165, 1.54) is 4.90 Å². The van der Waals surface area contributed by atoms with Crippen LogP contribution in [0.3, 0.4) is 0 Å². The standard InChI is InChI=1S/C17H23NO3S/c1-2-3-11-22(21)17-12-16(20)18(17)13-15(19)10-9-14-7-5-4-6-8-14/h4-8,17H,2-3,9-13H2,1H3. The lowest BCUT2D eigenvalue weighted by atomic mass is 10.1. The molecule has 22 heavy (non-hydrogen) atoms. The zero-order chi connectivity index (χ0) is 15.9. The van der Waals surface area contributed by atoms with Crippen LogP contribution in [0.2, 0.25) is 0 Å². The molecule has 0 aromatic heterocycles. The predicted octanol–water partition coefficient (Wildman–Crippen LogP) is 2.30. The van der Waals surface area contributed by atoms with Crippen LogP contribution in [-0.4, -0.2) is 38.5 Å². The molecule has 4 nitrogen and oxygen atoms in total. The monoisotopic (exact) mass is 321 g/mol. The number of carbonyl (C=O) groups is 2. The molecular formula is C17H23NO3S. The Balaban J connectivity index is 1.79. The Labute approximate surface area is 134 Å². The first-order chi connectivity index (χ1) is 10.6. The largest absolute Gasteiger partial charge is 0.320 e. The SMILES string of the molecule is CCCCS(=O)C1CC(=O)N1CC(=O)CCc1ccccc1. The molecule has 1 saturated heterocycles. The second kappa shape index (κ2) is 8.22. The molecular weight excluding hydrogens is 298 g/mol. The molecule has 0 spiro atoms. The van der Waals surface area contributed by atoms with Gasteiger partial charge in [-0.15, -0.1) is 0 Å². The van der Waals surface area contributed by atoms with Crippen LogP contribution < -0.4 is 0 Å². The Hall–Kier alpha value is -1.49. The third-order valence-corrected chi connectivity index (χ3v) is 5.62. The average molecular weight is 321 g/mol. The highest BCUT2D eigenvalue weighted by molar-refractivity contribution is 7.85. The molecule has 0 N–H and O–H groups in total. The minimum absolute atomic E-state index is 0.0365. The van der Waals surface area contributed by atoms with Gasteiger partial charge in [-0.25, -0.2) is 0 Å². The number of carbonyl (C=O) groups excluding carboxylic acids is 2. The smallest absolute Gasteiger partial charge is 0.227 e. The quantitative estimate of drug-likeness (QED) is 0.656. The van der Waals surface area contributed by atoms with Crippen LogP contribution in [0.4, 0.5) is 0 Å². The highest BCUT2D eigenvalue weighted by Gasteiger charge is 2.40. The van der Waals surface area contributed by atoms with Gasteiger partial charge in [-0.3, -0.25) is 13.8 Å². The molecule has 1 amide bonds. The van der Waals surface area contributed by atoms with E-state index >= 15 is 0 Å². The number of hydrogen-bond donors (Lipinski definition) is 0. The van der Waals surface area contributed by atoms with Crippen molar-refractivity contribution in [3.63, 3.8) is 0 Å². The van der Waals surface area contributed by atoms with Gasteiger partial charge in [0.15, 0.2) is 5.78 Å². The summed E-state index contributed by atoms with van der Waals surface area (Å²) < 4.78 is 12.1. The second-order valence-corrected chi connectivity index (χ2v) is 7.36. The summed E-state index contributed by atoms with van der Waals surface area (Å²) >= 11 is 0. The fourth-order valence-electron chi connectivity index (χ4n) is 2.47. The van der Waals surface area contributed by atoms with Crippen molar-refractivity contribution in [1.29, 1.82) is 0 Å². The van der Waals surface area contributed by atoms with Gasteiger partial charge in [-0.2, -0.15) is 0 Å². The van der Waals surface area contributed by atoms with Crippen molar-refractivity contribution >= 4 is 22.5 Å². The Morgan fingerprint density at radius 3 is 2.68 bits per heavy atom. The number of aryl methyl sites for hydroxylation is 1. The summed E-state index contributed by atoms with van der Waals surface area (Å²) in [4.78, 5) is 25.2. The van der Waals surface area contributed by atoms with E-state index in [1.54, 1.807) is 0 Å². The number of amides is 1. The van der Waals surface area contributed by atoms with Crippen molar-refractivity contribution < 1.29 is 13.8 Å². The number of rotatable bonds is 9. The Morgan fingerprint density at radius 2 is 2.05 bits per heavy atom. The summed E-state index contributed by atoms with van der Waals surface area (Å²) in [6.07, 6.45) is 3.31. The topological polar surface area (TPSA) is 54.5 Å². The van der Waals surface area contributed by atoms with Crippen molar-refractivity contribution in [1.82, 2.24) is 4.90 Å². The van der Waals surface area contributed by atoms with E-state index in [0.29, 0.717) is 25.0 Å². The summed E-state index contributed by atoms with van der Waals surface area (Å²) in [5, 5.41) is -0.250. The molecule has 2 rings (SSSR count). The van der Waals surface area contributed by atoms with Crippen LogP contribution >= 0.6 is 0 Å². The number of Topliss-reactive ketones (excluding diaryl/α,β-unsaturated/α-hetero) is 1. The van der Waals surface area contributed by atoms with Gasteiger partial charge >= 0.3 is 0 Å². The minimum Gasteiger partial charge on any atom is -0.320 e. The van der Waals surface area contributed by atoms with E-state index in [4.69, 9.17) is 0 Å². The summed E-state index contributed by atoms with van der Waals surface area (Å²) in [7, 11) is -1.03. The normalized spacial score (nSPS) is 18.9. The number of unbranched alkanes of at least 4 members (excludes halogenated alkanes) is 1. The van der Waals surface area contributed by atoms with E-state index in [2.05, 4.69) is 0 Å². The zero-order valence-electron chi connectivity index (χ0n) is 13.0. The highest BCUT2D eigenvalue weighted by atomic mass is 32.2. The lowest BCUT2D eigenvalue weighted by molar-refractivity contribution is -0.145. The van der Waals surface area contributed by atoms with Gasteiger partial charge in [-0.1, -0.05) is 43.7 Å². The maximum atomic E-state index is 12.1. The molecule has 2 unspecified atom stereocenters. The Bertz CT molecular complexity index is 544. The van der Waals surface area contributed by atoms with Gasteiger partial charge in [0.1, 0.15) is 5.37 Å². The number of likely N-dealkylation sites (tertiary alicyclic amines) is 1. The van der Waals surface area contributed by atoms with Gasteiger partial charge in [0.05, 0.1) is 13.0 Å². The fourth-order valence-corrected chi connectivity index (χ4v) is 4.12. The number of nitrogens with zero attached hydrogens (tertiary/aromatic N) is 1. The van der Waals surface area contributed by atoms with Crippen molar-refractivity contribution in [3.8, 4) is 0 Å². The van der Waals surface area contributed by atoms with Crippen LogP contribution in [0.15, 0.2) is 30.3 Å². The fraction of sp³-hybridized carbons (Fsp3) is 0.529. The molecule has 1 aromatic rings. The van der Waals surface area contributed by atoms with E-state index < -0.39 is 10.8 Å². The van der Waals surface area contributed by atoms with Crippen LogP contribution in [0.25, 0.3) is 0 Å². The van der Waals surface area contributed by atoms with E-state index in [-0.39, 0.29) is 23.6 Å². The number of hydrogen-bond acceptors (Lipinski definition) is 3. The van der Waals surface area contributed by atoms with Gasteiger partial charge in [0.25, 0.3) is 0 Å². The molecule has 1 aromatic carbocycles. The molecule has 120 valence electrons. The number of β-lactam (4-membered cyclic amide) rings is 1. The van der Waals surface area contributed by atoms with E-state index in [0.717, 1.165) is 18.4 Å². The maximum Gasteiger partial charge on any atom is 0.227 e. The van der Waals surface area contributed by atoms with Gasteiger partial charge in [-0.05, 0) is 18.4 Å². The first-order valence-electron chi connectivity index (χ1n) is 7.84. The second-order valence-electron chi connectivity index (χ2n) is 5.64. The highest BCUT2D eigenvalue weighted by Crippen LogP contribution is 2.23. The molecule has 0 bridgehead atoms. The third kappa shape index (κ3) is 4.50. The molecule has 2 atom stereocenters. The van der Waals surface area contributed by atoms with Crippen molar-refractivity contribution in [2.45, 2.75) is 44.4 Å². The maximum absolute atomic E-state index is 12.1. The predicted molar refractivity (Wildman–Crippen MR) is 87.8 cm³/mol. The Kier molecular flexibility index (Phi) is 6.31. The lowest BCUT2D eigenvalue weighted by Gasteiger charge is -2.39.